The van der Waals surface area contributed by atoms with E-state index in [2.05, 4.69) is 0 Å². The van der Waals surface area contributed by atoms with Gasteiger partial charge in [0, 0.05) is 5.57 Å². The van der Waals surface area contributed by atoms with Crippen LogP contribution < -0.4 is 4.74 Å². The van der Waals surface area contributed by atoms with Gasteiger partial charge in [-0.2, -0.15) is 0 Å². The largest absolute Gasteiger partial charge is 0.488 e. The third-order valence-corrected chi connectivity index (χ3v) is 2.37. The lowest BCUT2D eigenvalue weighted by Crippen LogP contribution is -2.03. The predicted molar refractivity (Wildman–Crippen MR) is 63.0 cm³/mol. The van der Waals surface area contributed by atoms with E-state index in [4.69, 9.17) is 21.4 Å². The van der Waals surface area contributed by atoms with Crippen LogP contribution in [0.15, 0.2) is 35.9 Å². The van der Waals surface area contributed by atoms with Crippen molar-refractivity contribution >= 4 is 17.6 Å². The Morgan fingerprint density at radius 1 is 1.50 bits per heavy atom. The van der Waals surface area contributed by atoms with Gasteiger partial charge in [-0.1, -0.05) is 30.7 Å². The summed E-state index contributed by atoms with van der Waals surface area (Å²) in [5, 5.41) is 9.29. The van der Waals surface area contributed by atoms with Crippen LogP contribution in [0.5, 0.6) is 5.75 Å². The number of para-hydroxylation sites is 1. The predicted octanol–water partition coefficient (Wildman–Crippen LogP) is 3.14. The van der Waals surface area contributed by atoms with Gasteiger partial charge in [-0.3, -0.25) is 0 Å². The first-order chi connectivity index (χ1) is 7.65. The standard InChI is InChI=1S/C12H13ClO3/c1-2-9(12(14)15)7-8-16-11-6-4-3-5-10(11)13/h3-7H,2,8H2,1H3,(H,14,15). The summed E-state index contributed by atoms with van der Waals surface area (Å²) >= 11 is 5.87. The van der Waals surface area contributed by atoms with Gasteiger partial charge in [-0.25, -0.2) is 4.79 Å². The van der Waals surface area contributed by atoms with Crippen LogP contribution in [0.4, 0.5) is 0 Å². The van der Waals surface area contributed by atoms with E-state index in [1.54, 1.807) is 31.2 Å². The van der Waals surface area contributed by atoms with E-state index in [1.807, 2.05) is 6.07 Å². The summed E-state index contributed by atoms with van der Waals surface area (Å²) in [6, 6.07) is 7.07. The summed E-state index contributed by atoms with van der Waals surface area (Å²) in [4.78, 5) is 10.7. The third kappa shape index (κ3) is 3.59. The lowest BCUT2D eigenvalue weighted by atomic mass is 10.2. The van der Waals surface area contributed by atoms with Gasteiger partial charge in [0.2, 0.25) is 0 Å². The fourth-order valence-electron chi connectivity index (χ4n) is 1.18. The number of carboxylic acids is 1. The Morgan fingerprint density at radius 3 is 2.75 bits per heavy atom. The van der Waals surface area contributed by atoms with Crippen molar-refractivity contribution in [1.29, 1.82) is 0 Å². The van der Waals surface area contributed by atoms with E-state index in [-0.39, 0.29) is 6.61 Å². The highest BCUT2D eigenvalue weighted by Gasteiger charge is 2.04. The fourth-order valence-corrected chi connectivity index (χ4v) is 1.37. The molecule has 0 unspecified atom stereocenters. The Kier molecular flexibility index (Phi) is 4.86. The second kappa shape index (κ2) is 6.18. The lowest BCUT2D eigenvalue weighted by molar-refractivity contribution is -0.132. The smallest absolute Gasteiger partial charge is 0.331 e. The van der Waals surface area contributed by atoms with Gasteiger partial charge < -0.3 is 9.84 Å². The fraction of sp³-hybridized carbons (Fsp3) is 0.250. The molecule has 0 bridgehead atoms. The molecule has 4 heteroatoms. The van der Waals surface area contributed by atoms with Crippen molar-refractivity contribution in [2.75, 3.05) is 6.61 Å². The molecule has 0 saturated carbocycles. The Hall–Kier alpha value is -1.48. The Bertz CT molecular complexity index is 399. The molecule has 0 atom stereocenters. The number of carboxylic acid groups (broad SMARTS) is 1. The molecule has 0 heterocycles. The van der Waals surface area contributed by atoms with Crippen LogP contribution in [0, 0.1) is 0 Å². The van der Waals surface area contributed by atoms with Crippen LogP contribution in [0.3, 0.4) is 0 Å². The van der Waals surface area contributed by atoms with Gasteiger partial charge >= 0.3 is 5.97 Å². The van der Waals surface area contributed by atoms with Crippen molar-refractivity contribution in [1.82, 2.24) is 0 Å². The molecule has 3 nitrogen and oxygen atoms in total. The van der Waals surface area contributed by atoms with Gasteiger partial charge in [0.05, 0.1) is 5.02 Å². The van der Waals surface area contributed by atoms with Crippen molar-refractivity contribution < 1.29 is 14.6 Å². The lowest BCUT2D eigenvalue weighted by Gasteiger charge is -2.05. The molecule has 1 N–H and O–H groups in total. The molecule has 0 aliphatic rings. The SMILES string of the molecule is CCC(=CCOc1ccccc1Cl)C(=O)O. The summed E-state index contributed by atoms with van der Waals surface area (Å²) < 4.78 is 5.35. The van der Waals surface area contributed by atoms with E-state index in [1.165, 1.54) is 0 Å². The van der Waals surface area contributed by atoms with Crippen molar-refractivity contribution in [3.63, 3.8) is 0 Å². The molecule has 1 aromatic rings. The molecule has 0 amide bonds. The molecule has 16 heavy (non-hydrogen) atoms. The molecule has 1 rings (SSSR count). The number of halogens is 1. The number of carbonyl (C=O) groups is 1. The molecular weight excluding hydrogens is 228 g/mol. The van der Waals surface area contributed by atoms with Crippen molar-refractivity contribution in [2.24, 2.45) is 0 Å². The highest BCUT2D eigenvalue weighted by molar-refractivity contribution is 6.32. The van der Waals surface area contributed by atoms with Crippen molar-refractivity contribution in [2.45, 2.75) is 13.3 Å². The second-order valence-electron chi connectivity index (χ2n) is 3.13. The molecule has 86 valence electrons. The molecular formula is C12H13ClO3. The topological polar surface area (TPSA) is 46.5 Å². The quantitative estimate of drug-likeness (QED) is 0.805. The van der Waals surface area contributed by atoms with Crippen LogP contribution in [0.1, 0.15) is 13.3 Å². The molecule has 0 aliphatic carbocycles. The first-order valence-corrected chi connectivity index (χ1v) is 5.32. The van der Waals surface area contributed by atoms with Crippen molar-refractivity contribution in [3.05, 3.63) is 40.9 Å². The van der Waals surface area contributed by atoms with E-state index < -0.39 is 5.97 Å². The summed E-state index contributed by atoms with van der Waals surface area (Å²) in [6.07, 6.45) is 2.02. The van der Waals surface area contributed by atoms with E-state index in [0.717, 1.165) is 0 Å². The maximum absolute atomic E-state index is 10.7. The summed E-state index contributed by atoms with van der Waals surface area (Å²) in [5.74, 6) is -0.355. The van der Waals surface area contributed by atoms with Gasteiger partial charge in [-0.15, -0.1) is 0 Å². The number of rotatable bonds is 5. The van der Waals surface area contributed by atoms with Gasteiger partial charge in [0.25, 0.3) is 0 Å². The first kappa shape index (κ1) is 12.6. The summed E-state index contributed by atoms with van der Waals surface area (Å²) in [6.45, 7) is 1.99. The Labute approximate surface area is 99.3 Å². The summed E-state index contributed by atoms with van der Waals surface area (Å²) in [7, 11) is 0. The van der Waals surface area contributed by atoms with Gasteiger partial charge in [-0.05, 0) is 24.6 Å². The van der Waals surface area contributed by atoms with Gasteiger partial charge in [0.1, 0.15) is 12.4 Å². The number of ether oxygens (including phenoxy) is 1. The van der Waals surface area contributed by atoms with Crippen LogP contribution in [-0.2, 0) is 4.79 Å². The number of benzene rings is 1. The molecule has 0 aliphatic heterocycles. The van der Waals surface area contributed by atoms with E-state index >= 15 is 0 Å². The minimum absolute atomic E-state index is 0.208. The van der Waals surface area contributed by atoms with E-state index in [9.17, 15) is 4.79 Å². The highest BCUT2D eigenvalue weighted by atomic mass is 35.5. The zero-order valence-electron chi connectivity index (χ0n) is 8.94. The monoisotopic (exact) mass is 240 g/mol. The number of hydrogen-bond donors (Lipinski definition) is 1. The zero-order valence-corrected chi connectivity index (χ0v) is 9.70. The average Bonchev–Trinajstić information content (AvgIpc) is 2.26. The molecule has 0 radical (unpaired) electrons. The molecule has 1 aromatic carbocycles. The van der Waals surface area contributed by atoms with E-state index in [0.29, 0.717) is 22.8 Å². The minimum atomic E-state index is -0.912. The Balaban J connectivity index is 2.59. The first-order valence-electron chi connectivity index (χ1n) is 4.94. The maximum Gasteiger partial charge on any atom is 0.331 e. The minimum Gasteiger partial charge on any atom is -0.488 e. The van der Waals surface area contributed by atoms with Crippen LogP contribution >= 0.6 is 11.6 Å². The maximum atomic E-state index is 10.7. The van der Waals surface area contributed by atoms with Crippen LogP contribution in [0.2, 0.25) is 5.02 Å². The Morgan fingerprint density at radius 2 is 2.19 bits per heavy atom. The normalized spacial score (nSPS) is 11.2. The second-order valence-corrected chi connectivity index (χ2v) is 3.54. The van der Waals surface area contributed by atoms with Crippen LogP contribution in [0.25, 0.3) is 0 Å². The van der Waals surface area contributed by atoms with Crippen molar-refractivity contribution in [3.8, 4) is 5.75 Å². The number of aliphatic carboxylic acids is 1. The number of hydrogen-bond acceptors (Lipinski definition) is 2. The molecule has 0 fully saturated rings. The summed E-state index contributed by atoms with van der Waals surface area (Å²) in [5.41, 5.74) is 0.340. The molecule has 0 spiro atoms. The zero-order chi connectivity index (χ0) is 12.0. The van der Waals surface area contributed by atoms with Crippen LogP contribution in [-0.4, -0.2) is 17.7 Å². The molecule has 0 saturated heterocycles. The third-order valence-electron chi connectivity index (χ3n) is 2.06. The van der Waals surface area contributed by atoms with Gasteiger partial charge in [0.15, 0.2) is 0 Å². The average molecular weight is 241 g/mol. The highest BCUT2D eigenvalue weighted by Crippen LogP contribution is 2.23. The molecule has 0 aromatic heterocycles.